The molecule has 122 valence electrons. The molecule has 1 aromatic rings. The Labute approximate surface area is 131 Å². The molecule has 6 heteroatoms. The van der Waals surface area contributed by atoms with E-state index in [1.54, 1.807) is 11.1 Å². The van der Waals surface area contributed by atoms with Gasteiger partial charge < -0.3 is 14.4 Å². The molecule has 0 spiro atoms. The molecular formula is C16H25N3O3. The molecule has 22 heavy (non-hydrogen) atoms. The summed E-state index contributed by atoms with van der Waals surface area (Å²) in [6.07, 6.45) is 3.28. The molecule has 1 fully saturated rings. The van der Waals surface area contributed by atoms with Crippen LogP contribution in [-0.4, -0.2) is 46.3 Å². The van der Waals surface area contributed by atoms with Gasteiger partial charge in [-0.05, 0) is 52.5 Å². The molecule has 0 unspecified atom stereocenters. The zero-order chi connectivity index (χ0) is 16.2. The van der Waals surface area contributed by atoms with Crippen LogP contribution in [0.5, 0.6) is 6.01 Å². The number of likely N-dealkylation sites (tertiary alicyclic amines) is 1. The lowest BCUT2D eigenvalue weighted by Gasteiger charge is -2.33. The molecule has 6 nitrogen and oxygen atoms in total. The number of piperidine rings is 1. The topological polar surface area (TPSA) is 64.5 Å². The van der Waals surface area contributed by atoms with E-state index in [1.807, 2.05) is 33.8 Å². The van der Waals surface area contributed by atoms with Gasteiger partial charge in [-0.25, -0.2) is 14.8 Å². The third kappa shape index (κ3) is 5.16. The Bertz CT molecular complexity index is 506. The first-order valence-corrected chi connectivity index (χ1v) is 7.74. The van der Waals surface area contributed by atoms with E-state index in [9.17, 15) is 4.79 Å². The van der Waals surface area contributed by atoms with Gasteiger partial charge in [-0.2, -0.15) is 0 Å². The van der Waals surface area contributed by atoms with E-state index in [-0.39, 0.29) is 6.09 Å². The molecule has 0 aliphatic carbocycles. The Morgan fingerprint density at radius 2 is 2.05 bits per heavy atom. The first-order valence-electron chi connectivity index (χ1n) is 7.74. The van der Waals surface area contributed by atoms with Crippen LogP contribution in [0.3, 0.4) is 0 Å². The van der Waals surface area contributed by atoms with Gasteiger partial charge in [0.1, 0.15) is 5.60 Å². The molecule has 0 atom stereocenters. The van der Waals surface area contributed by atoms with Crippen LogP contribution in [0, 0.1) is 12.8 Å². The van der Waals surface area contributed by atoms with Crippen LogP contribution in [0.25, 0.3) is 0 Å². The highest BCUT2D eigenvalue weighted by Crippen LogP contribution is 2.20. The van der Waals surface area contributed by atoms with Crippen molar-refractivity contribution in [2.45, 2.75) is 46.1 Å². The van der Waals surface area contributed by atoms with Crippen molar-refractivity contribution in [1.82, 2.24) is 14.9 Å². The second-order valence-corrected chi connectivity index (χ2v) is 6.70. The number of carbonyl (C=O) groups excluding carboxylic acids is 1. The summed E-state index contributed by atoms with van der Waals surface area (Å²) in [5, 5.41) is 0. The first kappa shape index (κ1) is 16.5. The summed E-state index contributed by atoms with van der Waals surface area (Å²) < 4.78 is 11.0. The van der Waals surface area contributed by atoms with Crippen LogP contribution in [-0.2, 0) is 4.74 Å². The van der Waals surface area contributed by atoms with Crippen molar-refractivity contribution in [1.29, 1.82) is 0 Å². The molecular weight excluding hydrogens is 282 g/mol. The largest absolute Gasteiger partial charge is 0.463 e. The Morgan fingerprint density at radius 3 is 2.64 bits per heavy atom. The maximum absolute atomic E-state index is 12.0. The van der Waals surface area contributed by atoms with Crippen molar-refractivity contribution < 1.29 is 14.3 Å². The predicted octanol–water partition coefficient (Wildman–Crippen LogP) is 2.81. The summed E-state index contributed by atoms with van der Waals surface area (Å²) >= 11 is 0. The molecule has 0 aromatic carbocycles. The van der Waals surface area contributed by atoms with Gasteiger partial charge >= 0.3 is 12.1 Å². The molecule has 0 bridgehead atoms. The van der Waals surface area contributed by atoms with E-state index < -0.39 is 5.60 Å². The molecule has 1 aliphatic heterocycles. The highest BCUT2D eigenvalue weighted by Gasteiger charge is 2.27. The van der Waals surface area contributed by atoms with Crippen LogP contribution in [0.4, 0.5) is 4.79 Å². The SMILES string of the molecule is Cc1ccnc(OCC2CCN(C(=O)OC(C)(C)C)CC2)n1. The van der Waals surface area contributed by atoms with Gasteiger partial charge in [-0.15, -0.1) is 0 Å². The Balaban J connectivity index is 1.74. The Kier molecular flexibility index (Phi) is 5.21. The predicted molar refractivity (Wildman–Crippen MR) is 82.8 cm³/mol. The fourth-order valence-corrected chi connectivity index (χ4v) is 2.30. The van der Waals surface area contributed by atoms with E-state index in [4.69, 9.17) is 9.47 Å². The standard InChI is InChI=1S/C16H25N3O3/c1-12-5-8-17-14(18-12)21-11-13-6-9-19(10-7-13)15(20)22-16(2,3)4/h5,8,13H,6-7,9-11H2,1-4H3. The molecule has 1 aromatic heterocycles. The summed E-state index contributed by atoms with van der Waals surface area (Å²) in [6, 6.07) is 2.26. The number of nitrogens with zero attached hydrogens (tertiary/aromatic N) is 3. The van der Waals surface area contributed by atoms with Crippen molar-refractivity contribution in [3.63, 3.8) is 0 Å². The monoisotopic (exact) mass is 307 g/mol. The van der Waals surface area contributed by atoms with Gasteiger partial charge in [0.25, 0.3) is 0 Å². The number of aryl methyl sites for hydroxylation is 1. The minimum atomic E-state index is -0.445. The summed E-state index contributed by atoms with van der Waals surface area (Å²) in [7, 11) is 0. The van der Waals surface area contributed by atoms with Gasteiger partial charge in [0.15, 0.2) is 0 Å². The van der Waals surface area contributed by atoms with E-state index >= 15 is 0 Å². The van der Waals surface area contributed by atoms with E-state index in [0.717, 1.165) is 18.5 Å². The van der Waals surface area contributed by atoms with Gasteiger partial charge in [0.2, 0.25) is 0 Å². The molecule has 1 saturated heterocycles. The second kappa shape index (κ2) is 6.94. The highest BCUT2D eigenvalue weighted by atomic mass is 16.6. The Hall–Kier alpha value is -1.85. The summed E-state index contributed by atoms with van der Waals surface area (Å²) in [5.41, 5.74) is 0.448. The average Bonchev–Trinajstić information content (AvgIpc) is 2.44. The number of amides is 1. The average molecular weight is 307 g/mol. The fraction of sp³-hybridized carbons (Fsp3) is 0.688. The lowest BCUT2D eigenvalue weighted by Crippen LogP contribution is -2.42. The van der Waals surface area contributed by atoms with Gasteiger partial charge in [0, 0.05) is 25.0 Å². The zero-order valence-electron chi connectivity index (χ0n) is 13.8. The number of hydrogen-bond acceptors (Lipinski definition) is 5. The number of aromatic nitrogens is 2. The first-order chi connectivity index (χ1) is 10.3. The quantitative estimate of drug-likeness (QED) is 0.859. The lowest BCUT2D eigenvalue weighted by atomic mass is 9.98. The summed E-state index contributed by atoms with van der Waals surface area (Å²) in [6.45, 7) is 9.56. The maximum atomic E-state index is 12.0. The molecule has 1 aliphatic rings. The molecule has 2 rings (SSSR count). The molecule has 1 amide bonds. The number of rotatable bonds is 3. The van der Waals surface area contributed by atoms with Crippen LogP contribution in [0.2, 0.25) is 0 Å². The minimum absolute atomic E-state index is 0.228. The second-order valence-electron chi connectivity index (χ2n) is 6.70. The van der Waals surface area contributed by atoms with Crippen molar-refractivity contribution in [3.05, 3.63) is 18.0 Å². The van der Waals surface area contributed by atoms with Gasteiger partial charge in [-0.3, -0.25) is 0 Å². The van der Waals surface area contributed by atoms with Crippen molar-refractivity contribution in [3.8, 4) is 6.01 Å². The van der Waals surface area contributed by atoms with Crippen LogP contribution in [0.15, 0.2) is 12.3 Å². The lowest BCUT2D eigenvalue weighted by molar-refractivity contribution is 0.0163. The molecule has 2 heterocycles. The van der Waals surface area contributed by atoms with Crippen molar-refractivity contribution in [2.24, 2.45) is 5.92 Å². The van der Waals surface area contributed by atoms with Gasteiger partial charge in [0.05, 0.1) is 6.61 Å². The number of hydrogen-bond donors (Lipinski definition) is 0. The van der Waals surface area contributed by atoms with Gasteiger partial charge in [-0.1, -0.05) is 0 Å². The molecule has 0 radical (unpaired) electrons. The van der Waals surface area contributed by atoms with E-state index in [0.29, 0.717) is 31.6 Å². The highest BCUT2D eigenvalue weighted by molar-refractivity contribution is 5.68. The number of carbonyl (C=O) groups is 1. The third-order valence-corrected chi connectivity index (χ3v) is 3.49. The van der Waals surface area contributed by atoms with E-state index in [2.05, 4.69) is 9.97 Å². The Morgan fingerprint density at radius 1 is 1.36 bits per heavy atom. The normalized spacial score (nSPS) is 16.5. The minimum Gasteiger partial charge on any atom is -0.463 e. The maximum Gasteiger partial charge on any atom is 0.410 e. The van der Waals surface area contributed by atoms with Crippen LogP contribution in [0.1, 0.15) is 39.3 Å². The number of ether oxygens (including phenoxy) is 2. The van der Waals surface area contributed by atoms with Crippen molar-refractivity contribution in [2.75, 3.05) is 19.7 Å². The van der Waals surface area contributed by atoms with E-state index in [1.165, 1.54) is 0 Å². The van der Waals surface area contributed by atoms with Crippen LogP contribution >= 0.6 is 0 Å². The van der Waals surface area contributed by atoms with Crippen LogP contribution < -0.4 is 4.74 Å². The van der Waals surface area contributed by atoms with Crippen molar-refractivity contribution >= 4 is 6.09 Å². The summed E-state index contributed by atoms with van der Waals surface area (Å²) in [4.78, 5) is 22.1. The summed E-state index contributed by atoms with van der Waals surface area (Å²) in [5.74, 6) is 0.419. The smallest absolute Gasteiger partial charge is 0.410 e. The molecule has 0 saturated carbocycles. The fourth-order valence-electron chi connectivity index (χ4n) is 2.30. The molecule has 0 N–H and O–H groups in total. The third-order valence-electron chi connectivity index (χ3n) is 3.49. The zero-order valence-corrected chi connectivity index (χ0v) is 13.8.